The first kappa shape index (κ1) is 18.6. The third-order valence-electron chi connectivity index (χ3n) is 4.94. The summed E-state index contributed by atoms with van der Waals surface area (Å²) >= 11 is 0. The summed E-state index contributed by atoms with van der Waals surface area (Å²) < 4.78 is 0. The van der Waals surface area contributed by atoms with Crippen molar-refractivity contribution in [3.8, 4) is 0 Å². The van der Waals surface area contributed by atoms with Gasteiger partial charge in [-0.25, -0.2) is 4.90 Å². The molecule has 1 aliphatic rings. The Morgan fingerprint density at radius 3 is 2.38 bits per heavy atom. The number of pyridine rings is 1. The number of aryl methyl sites for hydroxylation is 2. The number of amides is 3. The van der Waals surface area contributed by atoms with Gasteiger partial charge in [0.15, 0.2) is 0 Å². The molecular formula is C23H19N3O3. The van der Waals surface area contributed by atoms with E-state index in [0.717, 1.165) is 16.7 Å². The third kappa shape index (κ3) is 3.40. The molecule has 3 amide bonds. The molecule has 29 heavy (non-hydrogen) atoms. The Morgan fingerprint density at radius 2 is 1.66 bits per heavy atom. The van der Waals surface area contributed by atoms with Crippen LogP contribution in [0.1, 0.15) is 47.8 Å². The number of anilines is 1. The van der Waals surface area contributed by atoms with E-state index < -0.39 is 5.91 Å². The Hall–Kier alpha value is -3.80. The molecule has 0 saturated heterocycles. The lowest BCUT2D eigenvalue weighted by atomic mass is 10.1. The van der Waals surface area contributed by atoms with E-state index in [2.05, 4.69) is 10.3 Å². The van der Waals surface area contributed by atoms with E-state index >= 15 is 0 Å². The number of benzene rings is 2. The average Bonchev–Trinajstić information content (AvgIpc) is 2.97. The zero-order chi connectivity index (χ0) is 20.5. The molecule has 1 N–H and O–H groups in total. The third-order valence-corrected chi connectivity index (χ3v) is 4.94. The first-order valence-electron chi connectivity index (χ1n) is 9.23. The van der Waals surface area contributed by atoms with Gasteiger partial charge in [0.05, 0.1) is 16.8 Å². The number of hydrogen-bond donors (Lipinski definition) is 1. The average molecular weight is 385 g/mol. The standard InChI is InChI=1S/C23H19N3O3/c1-14-3-6-20(15(2)11-14)26-22(28)18-5-4-17(12-19(18)23(26)29)21(27)25-13-16-7-9-24-10-8-16/h3-12H,13H2,1-2H3,(H,25,27). The minimum absolute atomic E-state index is 0.242. The summed E-state index contributed by atoms with van der Waals surface area (Å²) in [6, 6.07) is 13.8. The van der Waals surface area contributed by atoms with Gasteiger partial charge in [-0.15, -0.1) is 0 Å². The van der Waals surface area contributed by atoms with Gasteiger partial charge in [-0.2, -0.15) is 0 Å². The van der Waals surface area contributed by atoms with Gasteiger partial charge in [0.25, 0.3) is 17.7 Å². The number of aromatic nitrogens is 1. The number of carbonyl (C=O) groups is 3. The van der Waals surface area contributed by atoms with Crippen molar-refractivity contribution >= 4 is 23.4 Å². The highest BCUT2D eigenvalue weighted by molar-refractivity contribution is 6.35. The molecule has 0 unspecified atom stereocenters. The highest BCUT2D eigenvalue weighted by atomic mass is 16.2. The zero-order valence-corrected chi connectivity index (χ0v) is 16.1. The predicted octanol–water partition coefficient (Wildman–Crippen LogP) is 3.43. The maximum absolute atomic E-state index is 13.0. The fourth-order valence-corrected chi connectivity index (χ4v) is 3.44. The molecule has 0 fully saturated rings. The van der Waals surface area contributed by atoms with Crippen LogP contribution in [-0.4, -0.2) is 22.7 Å². The topological polar surface area (TPSA) is 79.4 Å². The van der Waals surface area contributed by atoms with Gasteiger partial charge in [-0.3, -0.25) is 19.4 Å². The lowest BCUT2D eigenvalue weighted by molar-refractivity contribution is 0.0923. The second kappa shape index (κ2) is 7.31. The summed E-state index contributed by atoms with van der Waals surface area (Å²) in [7, 11) is 0. The fraction of sp³-hybridized carbons (Fsp3) is 0.130. The van der Waals surface area contributed by atoms with Gasteiger partial charge in [0.1, 0.15) is 0 Å². The van der Waals surface area contributed by atoms with E-state index in [0.29, 0.717) is 23.4 Å². The molecular weight excluding hydrogens is 366 g/mol. The van der Waals surface area contributed by atoms with E-state index in [1.165, 1.54) is 11.0 Å². The van der Waals surface area contributed by atoms with Crippen molar-refractivity contribution in [2.75, 3.05) is 4.90 Å². The second-order valence-electron chi connectivity index (χ2n) is 7.03. The molecule has 1 aliphatic heterocycles. The first-order valence-corrected chi connectivity index (χ1v) is 9.23. The van der Waals surface area contributed by atoms with Crippen LogP contribution in [0.2, 0.25) is 0 Å². The van der Waals surface area contributed by atoms with Crippen LogP contribution in [0.5, 0.6) is 0 Å². The van der Waals surface area contributed by atoms with Crippen molar-refractivity contribution in [2.45, 2.75) is 20.4 Å². The van der Waals surface area contributed by atoms with E-state index in [9.17, 15) is 14.4 Å². The van der Waals surface area contributed by atoms with E-state index in [4.69, 9.17) is 0 Å². The van der Waals surface area contributed by atoms with Gasteiger partial charge in [0, 0.05) is 24.5 Å². The molecule has 6 heteroatoms. The quantitative estimate of drug-likeness (QED) is 0.698. The summed E-state index contributed by atoms with van der Waals surface area (Å²) in [6.07, 6.45) is 3.31. The molecule has 2 aromatic carbocycles. The molecule has 1 aromatic heterocycles. The lowest BCUT2D eigenvalue weighted by Gasteiger charge is -2.16. The van der Waals surface area contributed by atoms with Crippen molar-refractivity contribution in [1.29, 1.82) is 0 Å². The van der Waals surface area contributed by atoms with Crippen molar-refractivity contribution in [1.82, 2.24) is 10.3 Å². The van der Waals surface area contributed by atoms with E-state index in [1.807, 2.05) is 38.1 Å². The van der Waals surface area contributed by atoms with Gasteiger partial charge in [-0.05, 0) is 61.4 Å². The second-order valence-corrected chi connectivity index (χ2v) is 7.03. The van der Waals surface area contributed by atoms with E-state index in [-0.39, 0.29) is 17.4 Å². The Labute approximate surface area is 168 Å². The minimum atomic E-state index is -0.416. The van der Waals surface area contributed by atoms with Crippen LogP contribution in [0.4, 0.5) is 5.69 Å². The zero-order valence-electron chi connectivity index (χ0n) is 16.1. The SMILES string of the molecule is Cc1ccc(N2C(=O)c3ccc(C(=O)NCc4ccncc4)cc3C2=O)c(C)c1. The van der Waals surface area contributed by atoms with Crippen LogP contribution in [-0.2, 0) is 6.54 Å². The largest absolute Gasteiger partial charge is 0.348 e. The summed E-state index contributed by atoms with van der Waals surface area (Å²) in [4.78, 5) is 43.4. The molecule has 0 aliphatic carbocycles. The predicted molar refractivity (Wildman–Crippen MR) is 109 cm³/mol. The molecule has 0 saturated carbocycles. The van der Waals surface area contributed by atoms with Crippen molar-refractivity contribution < 1.29 is 14.4 Å². The number of fused-ring (bicyclic) bond motifs is 1. The number of rotatable bonds is 4. The van der Waals surface area contributed by atoms with Crippen LogP contribution in [0.15, 0.2) is 60.9 Å². The molecule has 0 bridgehead atoms. The maximum Gasteiger partial charge on any atom is 0.266 e. The number of nitrogens with zero attached hydrogens (tertiary/aromatic N) is 2. The molecule has 0 radical (unpaired) electrons. The summed E-state index contributed by atoms with van der Waals surface area (Å²) in [5.41, 5.74) is 4.26. The molecule has 6 nitrogen and oxygen atoms in total. The normalized spacial score (nSPS) is 12.8. The highest BCUT2D eigenvalue weighted by Crippen LogP contribution is 2.31. The Balaban J connectivity index is 1.59. The minimum Gasteiger partial charge on any atom is -0.348 e. The van der Waals surface area contributed by atoms with Crippen LogP contribution >= 0.6 is 0 Å². The Bertz CT molecular complexity index is 1140. The van der Waals surface area contributed by atoms with Crippen molar-refractivity contribution in [2.24, 2.45) is 0 Å². The molecule has 2 heterocycles. The molecule has 4 rings (SSSR count). The lowest BCUT2D eigenvalue weighted by Crippen LogP contribution is -2.30. The summed E-state index contributed by atoms with van der Waals surface area (Å²) in [5.74, 6) is -1.10. The molecule has 0 spiro atoms. The van der Waals surface area contributed by atoms with Gasteiger partial charge >= 0.3 is 0 Å². The first-order chi connectivity index (χ1) is 14.0. The molecule has 3 aromatic rings. The van der Waals surface area contributed by atoms with Crippen LogP contribution in [0, 0.1) is 13.8 Å². The van der Waals surface area contributed by atoms with E-state index in [1.54, 1.807) is 30.6 Å². The molecule has 144 valence electrons. The van der Waals surface area contributed by atoms with Crippen molar-refractivity contribution in [3.63, 3.8) is 0 Å². The van der Waals surface area contributed by atoms with Crippen LogP contribution in [0.25, 0.3) is 0 Å². The molecule has 0 atom stereocenters. The Kier molecular flexibility index (Phi) is 4.68. The summed E-state index contributed by atoms with van der Waals surface area (Å²) in [6.45, 7) is 4.17. The smallest absolute Gasteiger partial charge is 0.266 e. The van der Waals surface area contributed by atoms with Gasteiger partial charge in [-0.1, -0.05) is 17.7 Å². The highest BCUT2D eigenvalue weighted by Gasteiger charge is 2.37. The number of carbonyl (C=O) groups excluding carboxylic acids is 3. The van der Waals surface area contributed by atoms with Gasteiger partial charge < -0.3 is 5.32 Å². The number of hydrogen-bond acceptors (Lipinski definition) is 4. The number of imide groups is 1. The van der Waals surface area contributed by atoms with Gasteiger partial charge in [0.2, 0.25) is 0 Å². The van der Waals surface area contributed by atoms with Crippen molar-refractivity contribution in [3.05, 3.63) is 94.3 Å². The van der Waals surface area contributed by atoms with Crippen LogP contribution in [0.3, 0.4) is 0 Å². The fourth-order valence-electron chi connectivity index (χ4n) is 3.44. The summed E-state index contributed by atoms with van der Waals surface area (Å²) in [5, 5.41) is 2.81. The monoisotopic (exact) mass is 385 g/mol. The number of nitrogens with one attached hydrogen (secondary N) is 1. The Morgan fingerprint density at radius 1 is 0.931 bits per heavy atom. The maximum atomic E-state index is 13.0. The van der Waals surface area contributed by atoms with Crippen LogP contribution < -0.4 is 10.2 Å².